The van der Waals surface area contributed by atoms with E-state index in [1.165, 1.54) is 12.1 Å². The van der Waals surface area contributed by atoms with Crippen molar-refractivity contribution in [1.82, 2.24) is 0 Å². The Hall–Kier alpha value is -1.83. The summed E-state index contributed by atoms with van der Waals surface area (Å²) in [5.74, 6) is -3.22. The Morgan fingerprint density at radius 3 is 2.32 bits per heavy atom. The Morgan fingerprint density at radius 1 is 1.11 bits per heavy atom. The first-order valence-electron chi connectivity index (χ1n) is 9.63. The highest BCUT2D eigenvalue weighted by Gasteiger charge is 2.40. The summed E-state index contributed by atoms with van der Waals surface area (Å²) in [5, 5.41) is 9.06. The lowest BCUT2D eigenvalue weighted by atomic mass is 9.74. The van der Waals surface area contributed by atoms with Gasteiger partial charge in [0.15, 0.2) is 0 Å². The van der Waals surface area contributed by atoms with Crippen molar-refractivity contribution in [3.8, 4) is 0 Å². The van der Waals surface area contributed by atoms with Gasteiger partial charge in [-0.1, -0.05) is 0 Å². The molecule has 1 aromatic rings. The number of aromatic carboxylic acids is 1. The fraction of sp³-hybridized carbons (Fsp3) is 0.650. The van der Waals surface area contributed by atoms with Crippen LogP contribution >= 0.6 is 0 Å². The predicted molar refractivity (Wildman–Crippen MR) is 96.1 cm³/mol. The maximum absolute atomic E-state index is 13.5. The molecule has 0 spiro atoms. The number of benzene rings is 1. The zero-order valence-corrected chi connectivity index (χ0v) is 15.5. The molecule has 0 amide bonds. The van der Waals surface area contributed by atoms with E-state index in [1.54, 1.807) is 12.1 Å². The molecule has 0 radical (unpaired) electrons. The molecule has 2 fully saturated rings. The topological polar surface area (TPSA) is 49.8 Å². The maximum atomic E-state index is 13.5. The molecule has 1 saturated carbocycles. The van der Waals surface area contributed by atoms with Gasteiger partial charge in [-0.25, -0.2) is 13.6 Å². The minimum atomic E-state index is -2.85. The molecule has 0 bridgehead atoms. The van der Waals surface area contributed by atoms with Gasteiger partial charge in [-0.05, 0) is 61.8 Å². The van der Waals surface area contributed by atoms with Gasteiger partial charge in [-0.3, -0.25) is 0 Å². The molecule has 2 aliphatic rings. The molecule has 0 aromatic heterocycles. The standard InChI is InChI=1S/C20H25F4NO3/c21-19(22)28-12-17-6-3-15(13-7-9-20(23,24)10-8-13)11-25(17)16-4-1-14(2-5-16)18(26)27/h1-2,4-5,13,15,17,19H,3,6-12H2,(H,26,27). The Kier molecular flexibility index (Phi) is 6.47. The first kappa shape index (κ1) is 20.9. The molecule has 1 aliphatic carbocycles. The molecule has 3 rings (SSSR count). The van der Waals surface area contributed by atoms with E-state index in [4.69, 9.17) is 5.11 Å². The van der Waals surface area contributed by atoms with Crippen LogP contribution in [0.15, 0.2) is 24.3 Å². The number of piperidine rings is 1. The molecule has 1 N–H and O–H groups in total. The van der Waals surface area contributed by atoms with E-state index in [9.17, 15) is 22.4 Å². The summed E-state index contributed by atoms with van der Waals surface area (Å²) in [7, 11) is 0. The highest BCUT2D eigenvalue weighted by molar-refractivity contribution is 5.88. The van der Waals surface area contributed by atoms with Crippen LogP contribution in [0, 0.1) is 11.8 Å². The fourth-order valence-corrected chi connectivity index (χ4v) is 4.44. The first-order valence-corrected chi connectivity index (χ1v) is 9.63. The molecule has 156 valence electrons. The molecular weight excluding hydrogens is 378 g/mol. The Labute approximate surface area is 161 Å². The van der Waals surface area contributed by atoms with Crippen molar-refractivity contribution in [2.75, 3.05) is 18.1 Å². The summed E-state index contributed by atoms with van der Waals surface area (Å²) >= 11 is 0. The summed E-state index contributed by atoms with van der Waals surface area (Å²) in [6.07, 6.45) is 2.17. The van der Waals surface area contributed by atoms with Crippen LogP contribution in [0.1, 0.15) is 48.9 Å². The Balaban J connectivity index is 1.73. The molecule has 1 heterocycles. The van der Waals surface area contributed by atoms with Crippen molar-refractivity contribution >= 4 is 11.7 Å². The minimum absolute atomic E-state index is 0.0978. The molecule has 1 saturated heterocycles. The van der Waals surface area contributed by atoms with Crippen LogP contribution in [0.2, 0.25) is 0 Å². The van der Waals surface area contributed by atoms with Crippen molar-refractivity contribution in [2.24, 2.45) is 11.8 Å². The number of carbonyl (C=O) groups is 1. The molecule has 2 unspecified atom stereocenters. The predicted octanol–water partition coefficient (Wildman–Crippen LogP) is 5.03. The number of carboxylic acid groups (broad SMARTS) is 1. The number of halogens is 4. The van der Waals surface area contributed by atoms with Crippen LogP contribution in [0.5, 0.6) is 0 Å². The zero-order chi connectivity index (χ0) is 20.3. The fourth-order valence-electron chi connectivity index (χ4n) is 4.44. The lowest BCUT2D eigenvalue weighted by Gasteiger charge is -2.45. The monoisotopic (exact) mass is 403 g/mol. The Bertz CT molecular complexity index is 658. The second kappa shape index (κ2) is 8.68. The van der Waals surface area contributed by atoms with Gasteiger partial charge in [0.25, 0.3) is 0 Å². The number of hydrogen-bond donors (Lipinski definition) is 1. The number of ether oxygens (including phenoxy) is 1. The number of nitrogens with zero attached hydrogens (tertiary/aromatic N) is 1. The summed E-state index contributed by atoms with van der Waals surface area (Å²) in [5.41, 5.74) is 0.880. The van der Waals surface area contributed by atoms with Crippen molar-refractivity contribution in [1.29, 1.82) is 0 Å². The van der Waals surface area contributed by atoms with E-state index in [0.717, 1.165) is 12.1 Å². The van der Waals surface area contributed by atoms with E-state index in [0.29, 0.717) is 25.8 Å². The van der Waals surface area contributed by atoms with Gasteiger partial charge in [0.2, 0.25) is 5.92 Å². The quantitative estimate of drug-likeness (QED) is 0.677. The van der Waals surface area contributed by atoms with Gasteiger partial charge in [-0.15, -0.1) is 0 Å². The largest absolute Gasteiger partial charge is 0.478 e. The third kappa shape index (κ3) is 5.16. The minimum Gasteiger partial charge on any atom is -0.478 e. The molecular formula is C20H25F4NO3. The molecule has 1 aromatic carbocycles. The van der Waals surface area contributed by atoms with Gasteiger partial charge in [0, 0.05) is 25.1 Å². The van der Waals surface area contributed by atoms with Crippen molar-refractivity contribution in [3.63, 3.8) is 0 Å². The lowest BCUT2D eigenvalue weighted by molar-refractivity contribution is -0.133. The number of hydrogen-bond acceptors (Lipinski definition) is 3. The van der Waals surface area contributed by atoms with Gasteiger partial charge in [0.05, 0.1) is 18.2 Å². The third-order valence-corrected chi connectivity index (χ3v) is 6.03. The third-order valence-electron chi connectivity index (χ3n) is 6.03. The van der Waals surface area contributed by atoms with E-state index in [-0.39, 0.29) is 42.9 Å². The average molecular weight is 403 g/mol. The first-order chi connectivity index (χ1) is 13.2. The number of anilines is 1. The van der Waals surface area contributed by atoms with Crippen LogP contribution in [0.3, 0.4) is 0 Å². The zero-order valence-electron chi connectivity index (χ0n) is 15.5. The number of alkyl halides is 4. The van der Waals surface area contributed by atoms with Crippen LogP contribution in [0.4, 0.5) is 23.2 Å². The summed E-state index contributed by atoms with van der Waals surface area (Å²) in [6, 6.07) is 6.03. The normalized spacial score (nSPS) is 25.8. The van der Waals surface area contributed by atoms with Gasteiger partial charge >= 0.3 is 12.6 Å². The molecule has 8 heteroatoms. The van der Waals surface area contributed by atoms with Crippen molar-refractivity contribution in [2.45, 2.75) is 57.1 Å². The molecule has 1 aliphatic heterocycles. The SMILES string of the molecule is O=C(O)c1ccc(N2CC(C3CCC(F)(F)CC3)CCC2COC(F)F)cc1. The van der Waals surface area contributed by atoms with Gasteiger partial charge in [0.1, 0.15) is 0 Å². The van der Waals surface area contributed by atoms with Crippen LogP contribution in [0.25, 0.3) is 0 Å². The average Bonchev–Trinajstić information content (AvgIpc) is 2.66. The van der Waals surface area contributed by atoms with E-state index >= 15 is 0 Å². The van der Waals surface area contributed by atoms with Gasteiger partial charge in [-0.2, -0.15) is 8.78 Å². The second-order valence-corrected chi connectivity index (χ2v) is 7.78. The van der Waals surface area contributed by atoms with Crippen LogP contribution < -0.4 is 4.90 Å². The van der Waals surface area contributed by atoms with Crippen molar-refractivity contribution in [3.05, 3.63) is 29.8 Å². The van der Waals surface area contributed by atoms with Crippen LogP contribution in [-0.4, -0.2) is 42.8 Å². The molecule has 2 atom stereocenters. The number of rotatable bonds is 6. The summed E-state index contributed by atoms with van der Waals surface area (Å²) in [6.45, 7) is -2.41. The highest BCUT2D eigenvalue weighted by Crippen LogP contribution is 2.42. The van der Waals surface area contributed by atoms with Crippen LogP contribution in [-0.2, 0) is 4.74 Å². The molecule has 4 nitrogen and oxygen atoms in total. The lowest BCUT2D eigenvalue weighted by Crippen LogP contribution is -2.48. The Morgan fingerprint density at radius 2 is 1.75 bits per heavy atom. The van der Waals surface area contributed by atoms with Crippen molar-refractivity contribution < 1.29 is 32.2 Å². The second-order valence-electron chi connectivity index (χ2n) is 7.78. The van der Waals surface area contributed by atoms with Gasteiger partial charge < -0.3 is 14.7 Å². The highest BCUT2D eigenvalue weighted by atomic mass is 19.3. The smallest absolute Gasteiger partial charge is 0.345 e. The summed E-state index contributed by atoms with van der Waals surface area (Å²) in [4.78, 5) is 13.0. The summed E-state index contributed by atoms with van der Waals surface area (Å²) < 4.78 is 56.5. The number of carboxylic acids is 1. The van der Waals surface area contributed by atoms with E-state index < -0.39 is 18.5 Å². The molecule has 28 heavy (non-hydrogen) atoms. The maximum Gasteiger partial charge on any atom is 0.345 e. The van der Waals surface area contributed by atoms with E-state index in [2.05, 4.69) is 4.74 Å². The van der Waals surface area contributed by atoms with E-state index in [1.807, 2.05) is 4.90 Å².